The Labute approximate surface area is 175 Å². The van der Waals surface area contributed by atoms with Crippen molar-refractivity contribution in [1.29, 1.82) is 0 Å². The van der Waals surface area contributed by atoms with Crippen molar-refractivity contribution in [3.8, 4) is 22.7 Å². The van der Waals surface area contributed by atoms with Crippen molar-refractivity contribution in [2.24, 2.45) is 0 Å². The third-order valence-electron chi connectivity index (χ3n) is 6.27. The van der Waals surface area contributed by atoms with Gasteiger partial charge in [-0.3, -0.25) is 0 Å². The lowest BCUT2D eigenvalue weighted by Gasteiger charge is -2.51. The summed E-state index contributed by atoms with van der Waals surface area (Å²) < 4.78 is 1.83. The number of imidazole rings is 1. The molecule has 2 aliphatic rings. The van der Waals surface area contributed by atoms with Crippen LogP contribution in [0.3, 0.4) is 0 Å². The molecule has 5 rings (SSSR count). The Morgan fingerprint density at radius 3 is 2.57 bits per heavy atom. The molecule has 4 heterocycles. The molecule has 0 unspecified atom stereocenters. The van der Waals surface area contributed by atoms with Crippen LogP contribution < -0.4 is 5.32 Å². The summed E-state index contributed by atoms with van der Waals surface area (Å²) in [4.78, 5) is 8.54. The molecule has 154 valence electrons. The molecule has 2 fully saturated rings. The zero-order valence-corrected chi connectivity index (χ0v) is 17.3. The first-order valence-corrected chi connectivity index (χ1v) is 10.4. The van der Waals surface area contributed by atoms with E-state index in [1.54, 1.807) is 24.8 Å². The Morgan fingerprint density at radius 2 is 1.93 bits per heavy atom. The number of phenols is 1. The molecular formula is C23H26N6O. The second-order valence-electron chi connectivity index (χ2n) is 9.13. The highest BCUT2D eigenvalue weighted by molar-refractivity contribution is 5.68. The van der Waals surface area contributed by atoms with E-state index >= 15 is 0 Å². The van der Waals surface area contributed by atoms with Crippen LogP contribution in [0, 0.1) is 0 Å². The molecule has 0 spiro atoms. The van der Waals surface area contributed by atoms with E-state index in [9.17, 15) is 5.11 Å². The van der Waals surface area contributed by atoms with Gasteiger partial charge in [0.15, 0.2) is 5.82 Å². The first-order chi connectivity index (χ1) is 14.4. The molecule has 7 nitrogen and oxygen atoms in total. The molecule has 7 heteroatoms. The van der Waals surface area contributed by atoms with Crippen molar-refractivity contribution >= 4 is 6.08 Å². The van der Waals surface area contributed by atoms with Gasteiger partial charge in [-0.05, 0) is 64.2 Å². The van der Waals surface area contributed by atoms with Gasteiger partial charge in [-0.1, -0.05) is 5.57 Å². The van der Waals surface area contributed by atoms with E-state index in [1.807, 2.05) is 22.9 Å². The summed E-state index contributed by atoms with van der Waals surface area (Å²) in [7, 11) is 0. The van der Waals surface area contributed by atoms with Crippen molar-refractivity contribution in [1.82, 2.24) is 30.0 Å². The van der Waals surface area contributed by atoms with Crippen LogP contribution in [0.2, 0.25) is 0 Å². The van der Waals surface area contributed by atoms with Gasteiger partial charge in [-0.15, -0.1) is 10.2 Å². The molecule has 0 saturated carbocycles. The van der Waals surface area contributed by atoms with Gasteiger partial charge in [0, 0.05) is 35.1 Å². The number of hydrogen-bond acceptors (Lipinski definition) is 6. The van der Waals surface area contributed by atoms with Crippen LogP contribution >= 0.6 is 0 Å². The van der Waals surface area contributed by atoms with Gasteiger partial charge in [0.2, 0.25) is 0 Å². The SMILES string of the molecule is C[C@]12CCC[C@](C)(C/C(=C\c3ncc(-c4ccc(-n5ccnc5)cc4O)nn3)C1)N2. The predicted octanol–water partition coefficient (Wildman–Crippen LogP) is 3.90. The number of benzene rings is 1. The summed E-state index contributed by atoms with van der Waals surface area (Å²) in [5.41, 5.74) is 3.68. The average Bonchev–Trinajstić information content (AvgIpc) is 3.22. The van der Waals surface area contributed by atoms with Gasteiger partial charge in [-0.25, -0.2) is 9.97 Å². The number of piperidine rings is 2. The number of aromatic nitrogens is 5. The number of rotatable bonds is 3. The van der Waals surface area contributed by atoms with E-state index in [0.29, 0.717) is 17.1 Å². The van der Waals surface area contributed by atoms with Crippen molar-refractivity contribution in [2.75, 3.05) is 0 Å². The average molecular weight is 403 g/mol. The highest BCUT2D eigenvalue weighted by Gasteiger charge is 2.43. The topological polar surface area (TPSA) is 88.8 Å². The fraction of sp³-hybridized carbons (Fsp3) is 0.391. The maximum absolute atomic E-state index is 10.5. The van der Waals surface area contributed by atoms with Crippen LogP contribution in [0.1, 0.15) is 51.8 Å². The number of hydrogen-bond donors (Lipinski definition) is 2. The molecule has 2 saturated heterocycles. The van der Waals surface area contributed by atoms with E-state index in [-0.39, 0.29) is 16.8 Å². The zero-order valence-electron chi connectivity index (χ0n) is 17.3. The van der Waals surface area contributed by atoms with Crippen molar-refractivity contribution < 1.29 is 5.11 Å². The van der Waals surface area contributed by atoms with Crippen LogP contribution in [0.15, 0.2) is 48.7 Å². The fourth-order valence-corrected chi connectivity index (χ4v) is 5.12. The molecule has 0 radical (unpaired) electrons. The number of nitrogens with one attached hydrogen (secondary N) is 1. The summed E-state index contributed by atoms with van der Waals surface area (Å²) in [5, 5.41) is 23.0. The molecular weight excluding hydrogens is 376 g/mol. The van der Waals surface area contributed by atoms with Gasteiger partial charge < -0.3 is 15.0 Å². The molecule has 0 amide bonds. The maximum Gasteiger partial charge on any atom is 0.174 e. The number of phenolic OH excluding ortho intramolecular Hbond substituents is 1. The Balaban J connectivity index is 1.38. The first kappa shape index (κ1) is 18.9. The molecule has 2 atom stereocenters. The standard InChI is InChI=1S/C23H26N6O/c1-22-6-3-7-23(2,28-22)13-16(12-22)10-21-25-14-19(26-27-21)18-5-4-17(11-20(18)30)29-9-8-24-15-29/h4-5,8-11,14-15,28,30H,3,6-7,12-13H2,1-2H3/b16-10-/t22-,23+/m0/s1. The zero-order chi connectivity index (χ0) is 20.8. The van der Waals surface area contributed by atoms with Gasteiger partial charge in [0.1, 0.15) is 11.4 Å². The van der Waals surface area contributed by atoms with Gasteiger partial charge in [0.05, 0.1) is 18.2 Å². The smallest absolute Gasteiger partial charge is 0.174 e. The summed E-state index contributed by atoms with van der Waals surface area (Å²) >= 11 is 0. The Bertz CT molecular complexity index is 1070. The van der Waals surface area contributed by atoms with Crippen LogP contribution in [-0.2, 0) is 0 Å². The van der Waals surface area contributed by atoms with E-state index in [1.165, 1.54) is 24.8 Å². The van der Waals surface area contributed by atoms with E-state index in [4.69, 9.17) is 0 Å². The van der Waals surface area contributed by atoms with Crippen molar-refractivity contribution in [3.63, 3.8) is 0 Å². The predicted molar refractivity (Wildman–Crippen MR) is 115 cm³/mol. The lowest BCUT2D eigenvalue weighted by Crippen LogP contribution is -2.61. The quantitative estimate of drug-likeness (QED) is 0.691. The molecule has 1 aromatic carbocycles. The van der Waals surface area contributed by atoms with Gasteiger partial charge >= 0.3 is 0 Å². The molecule has 2 aromatic heterocycles. The second-order valence-corrected chi connectivity index (χ2v) is 9.13. The summed E-state index contributed by atoms with van der Waals surface area (Å²) in [6.45, 7) is 4.63. The molecule has 2 bridgehead atoms. The maximum atomic E-state index is 10.5. The van der Waals surface area contributed by atoms with Crippen molar-refractivity contribution in [2.45, 2.75) is 57.0 Å². The van der Waals surface area contributed by atoms with Gasteiger partial charge in [-0.2, -0.15) is 0 Å². The van der Waals surface area contributed by atoms with Crippen LogP contribution in [-0.4, -0.2) is 40.9 Å². The third kappa shape index (κ3) is 3.61. The Morgan fingerprint density at radius 1 is 1.13 bits per heavy atom. The van der Waals surface area contributed by atoms with E-state index in [0.717, 1.165) is 18.5 Å². The van der Waals surface area contributed by atoms with Crippen LogP contribution in [0.4, 0.5) is 0 Å². The molecule has 30 heavy (non-hydrogen) atoms. The van der Waals surface area contributed by atoms with Gasteiger partial charge in [0.25, 0.3) is 0 Å². The monoisotopic (exact) mass is 402 g/mol. The summed E-state index contributed by atoms with van der Waals surface area (Å²) in [6, 6.07) is 5.41. The van der Waals surface area contributed by atoms with Crippen LogP contribution in [0.25, 0.3) is 23.0 Å². The lowest BCUT2D eigenvalue weighted by atomic mass is 9.69. The highest BCUT2D eigenvalue weighted by atomic mass is 16.3. The first-order valence-electron chi connectivity index (χ1n) is 10.4. The molecule has 3 aromatic rings. The Kier molecular flexibility index (Phi) is 4.43. The molecule has 2 aliphatic heterocycles. The molecule has 2 N–H and O–H groups in total. The largest absolute Gasteiger partial charge is 0.507 e. The molecule has 0 aliphatic carbocycles. The fourth-order valence-electron chi connectivity index (χ4n) is 5.12. The lowest BCUT2D eigenvalue weighted by molar-refractivity contribution is 0.123. The number of fused-ring (bicyclic) bond motifs is 2. The summed E-state index contributed by atoms with van der Waals surface area (Å²) in [5.74, 6) is 0.755. The highest BCUT2D eigenvalue weighted by Crippen LogP contribution is 2.42. The number of nitrogens with zero attached hydrogens (tertiary/aromatic N) is 5. The van der Waals surface area contributed by atoms with E-state index in [2.05, 4.69) is 45.4 Å². The number of aromatic hydroxyl groups is 1. The minimum atomic E-state index is 0.135. The minimum Gasteiger partial charge on any atom is -0.507 e. The third-order valence-corrected chi connectivity index (χ3v) is 6.27. The minimum absolute atomic E-state index is 0.135. The van der Waals surface area contributed by atoms with Crippen molar-refractivity contribution in [3.05, 3.63) is 54.5 Å². The Hall–Kier alpha value is -3.06. The van der Waals surface area contributed by atoms with Crippen LogP contribution in [0.5, 0.6) is 5.75 Å². The second kappa shape index (κ2) is 7.02. The van der Waals surface area contributed by atoms with E-state index < -0.39 is 0 Å². The normalized spacial score (nSPS) is 27.3. The summed E-state index contributed by atoms with van der Waals surface area (Å²) in [6.07, 6.45) is 14.7.